The van der Waals surface area contributed by atoms with Crippen LogP contribution in [0.4, 0.5) is 0 Å². The maximum atomic E-state index is 12.7. The minimum absolute atomic E-state index is 0.122. The van der Waals surface area contributed by atoms with Crippen LogP contribution >= 0.6 is 11.8 Å². The Bertz CT molecular complexity index is 614. The number of likely N-dealkylation sites (tertiary alicyclic amines) is 1. The smallest absolute Gasteiger partial charge is 0.242 e. The first-order valence-corrected chi connectivity index (χ1v) is 11.1. The SMILES string of the molecule is CCC(=O)N1CCC(CC2(C)SC(=N[C@H]3C[C@H]4CC[C@H]3C4)NC2=O)CC1. The number of hydrogen-bond donors (Lipinski definition) is 1. The molecule has 0 spiro atoms. The topological polar surface area (TPSA) is 61.8 Å². The van der Waals surface area contributed by atoms with E-state index in [9.17, 15) is 9.59 Å². The lowest BCUT2D eigenvalue weighted by atomic mass is 9.87. The van der Waals surface area contributed by atoms with Crippen molar-refractivity contribution in [1.29, 1.82) is 0 Å². The summed E-state index contributed by atoms with van der Waals surface area (Å²) in [4.78, 5) is 31.4. The van der Waals surface area contributed by atoms with Crippen LogP contribution in [0, 0.1) is 17.8 Å². The number of amides is 2. The molecule has 2 amide bonds. The zero-order chi connectivity index (χ0) is 18.3. The molecule has 1 N–H and O–H groups in total. The Labute approximate surface area is 160 Å². The maximum Gasteiger partial charge on any atom is 0.242 e. The molecule has 4 aliphatic rings. The number of carbonyl (C=O) groups excluding carboxylic acids is 2. The highest BCUT2D eigenvalue weighted by atomic mass is 32.2. The van der Waals surface area contributed by atoms with Crippen molar-refractivity contribution in [2.75, 3.05) is 13.1 Å². The van der Waals surface area contributed by atoms with E-state index in [4.69, 9.17) is 4.99 Å². The Morgan fingerprint density at radius 2 is 2.04 bits per heavy atom. The molecule has 2 heterocycles. The summed E-state index contributed by atoms with van der Waals surface area (Å²) >= 11 is 1.65. The van der Waals surface area contributed by atoms with Gasteiger partial charge >= 0.3 is 0 Å². The van der Waals surface area contributed by atoms with Crippen molar-refractivity contribution >= 4 is 28.7 Å². The van der Waals surface area contributed by atoms with Gasteiger partial charge in [-0.25, -0.2) is 0 Å². The van der Waals surface area contributed by atoms with Gasteiger partial charge in [0.25, 0.3) is 0 Å². The van der Waals surface area contributed by atoms with Crippen LogP contribution in [0.1, 0.15) is 65.2 Å². The van der Waals surface area contributed by atoms with Gasteiger partial charge in [0.15, 0.2) is 5.17 Å². The highest BCUT2D eigenvalue weighted by Crippen LogP contribution is 2.47. The van der Waals surface area contributed by atoms with Crippen LogP contribution < -0.4 is 5.32 Å². The number of rotatable bonds is 4. The number of hydrogen-bond acceptors (Lipinski definition) is 4. The fourth-order valence-electron chi connectivity index (χ4n) is 5.39. The summed E-state index contributed by atoms with van der Waals surface area (Å²) in [7, 11) is 0. The number of thioether (sulfide) groups is 1. The highest BCUT2D eigenvalue weighted by Gasteiger charge is 2.46. The summed E-state index contributed by atoms with van der Waals surface area (Å²) in [6.45, 7) is 5.67. The molecule has 2 aliphatic carbocycles. The fourth-order valence-corrected chi connectivity index (χ4v) is 6.61. The molecule has 2 saturated heterocycles. The number of piperidine rings is 1. The van der Waals surface area contributed by atoms with Gasteiger partial charge in [0.2, 0.25) is 11.8 Å². The van der Waals surface area contributed by atoms with Gasteiger partial charge in [0.05, 0.1) is 10.8 Å². The molecule has 1 unspecified atom stereocenters. The number of nitrogens with zero attached hydrogens (tertiary/aromatic N) is 2. The summed E-state index contributed by atoms with van der Waals surface area (Å²) in [6.07, 6.45) is 8.73. The molecule has 0 radical (unpaired) electrons. The first-order chi connectivity index (χ1) is 12.5. The van der Waals surface area contributed by atoms with E-state index in [0.29, 0.717) is 18.4 Å². The lowest BCUT2D eigenvalue weighted by Gasteiger charge is -2.34. The van der Waals surface area contributed by atoms with Crippen molar-refractivity contribution in [3.05, 3.63) is 0 Å². The predicted molar refractivity (Wildman–Crippen MR) is 105 cm³/mol. The van der Waals surface area contributed by atoms with Gasteiger partial charge in [-0.2, -0.15) is 0 Å². The van der Waals surface area contributed by atoms with Crippen molar-refractivity contribution < 1.29 is 9.59 Å². The van der Waals surface area contributed by atoms with Crippen LogP contribution in [0.2, 0.25) is 0 Å². The zero-order valence-corrected chi connectivity index (χ0v) is 16.8. The molecule has 4 fully saturated rings. The summed E-state index contributed by atoms with van der Waals surface area (Å²) in [5.74, 6) is 2.51. The Kier molecular flexibility index (Phi) is 5.06. The lowest BCUT2D eigenvalue weighted by molar-refractivity contribution is -0.132. The molecule has 4 rings (SSSR count). The van der Waals surface area contributed by atoms with Crippen LogP contribution in [-0.4, -0.2) is 45.8 Å². The predicted octanol–water partition coefficient (Wildman–Crippen LogP) is 3.19. The molecular formula is C20H31N3O2S. The first-order valence-electron chi connectivity index (χ1n) is 10.3. The number of fused-ring (bicyclic) bond motifs is 2. The summed E-state index contributed by atoms with van der Waals surface area (Å²) in [5, 5.41) is 3.92. The van der Waals surface area contributed by atoms with Crippen LogP contribution in [0.25, 0.3) is 0 Å². The molecule has 0 aromatic carbocycles. The van der Waals surface area contributed by atoms with E-state index in [1.54, 1.807) is 11.8 Å². The van der Waals surface area contributed by atoms with Gasteiger partial charge in [-0.1, -0.05) is 25.1 Å². The van der Waals surface area contributed by atoms with Gasteiger partial charge in [0.1, 0.15) is 0 Å². The largest absolute Gasteiger partial charge is 0.343 e. The molecule has 2 saturated carbocycles. The van der Waals surface area contributed by atoms with E-state index in [-0.39, 0.29) is 11.8 Å². The van der Waals surface area contributed by atoms with E-state index in [1.807, 2.05) is 11.8 Å². The molecule has 0 aromatic rings. The van der Waals surface area contributed by atoms with Crippen molar-refractivity contribution in [2.24, 2.45) is 22.7 Å². The van der Waals surface area contributed by atoms with E-state index in [2.05, 4.69) is 12.2 Å². The Balaban J connectivity index is 1.33. The van der Waals surface area contributed by atoms with E-state index in [1.165, 1.54) is 25.7 Å². The average Bonchev–Trinajstić information content (AvgIpc) is 3.30. The molecule has 2 aliphatic heterocycles. The van der Waals surface area contributed by atoms with E-state index in [0.717, 1.165) is 49.4 Å². The minimum Gasteiger partial charge on any atom is -0.343 e. The summed E-state index contributed by atoms with van der Waals surface area (Å²) < 4.78 is -0.405. The highest BCUT2D eigenvalue weighted by molar-refractivity contribution is 8.16. The molecule has 144 valence electrons. The molecule has 26 heavy (non-hydrogen) atoms. The Morgan fingerprint density at radius 1 is 1.27 bits per heavy atom. The fraction of sp³-hybridized carbons (Fsp3) is 0.850. The van der Waals surface area contributed by atoms with Crippen molar-refractivity contribution in [2.45, 2.75) is 76.0 Å². The summed E-state index contributed by atoms with van der Waals surface area (Å²) in [5.41, 5.74) is 0. The second-order valence-electron chi connectivity index (χ2n) is 8.85. The summed E-state index contributed by atoms with van der Waals surface area (Å²) in [6, 6.07) is 0.433. The Morgan fingerprint density at radius 3 is 2.65 bits per heavy atom. The molecule has 4 atom stereocenters. The maximum absolute atomic E-state index is 12.7. The number of carbonyl (C=O) groups is 2. The van der Waals surface area contributed by atoms with Crippen molar-refractivity contribution in [1.82, 2.24) is 10.2 Å². The van der Waals surface area contributed by atoms with Crippen LogP contribution in [0.15, 0.2) is 4.99 Å². The quantitative estimate of drug-likeness (QED) is 0.818. The van der Waals surface area contributed by atoms with Gasteiger partial charge in [-0.3, -0.25) is 14.6 Å². The van der Waals surface area contributed by atoms with Gasteiger partial charge in [0, 0.05) is 19.5 Å². The van der Waals surface area contributed by atoms with Gasteiger partial charge in [-0.05, 0) is 63.2 Å². The minimum atomic E-state index is -0.405. The van der Waals surface area contributed by atoms with Gasteiger partial charge in [-0.15, -0.1) is 0 Å². The molecular weight excluding hydrogens is 346 g/mol. The standard InChI is InChI=1S/C20H31N3O2S/c1-3-17(24)23-8-6-13(7-9-23)12-20(2)18(25)22-19(26-20)21-16-11-14-4-5-15(16)10-14/h13-16H,3-12H2,1-2H3,(H,21,22,25)/t14-,15-,16-,20?/m0/s1. The number of amidine groups is 1. The number of aliphatic imine (C=N–C) groups is 1. The third kappa shape index (κ3) is 3.54. The molecule has 2 bridgehead atoms. The normalized spacial score (nSPS) is 39.0. The zero-order valence-electron chi connectivity index (χ0n) is 16.0. The van der Waals surface area contributed by atoms with Crippen LogP contribution in [0.5, 0.6) is 0 Å². The molecule has 5 nitrogen and oxygen atoms in total. The van der Waals surface area contributed by atoms with Crippen LogP contribution in [-0.2, 0) is 9.59 Å². The third-order valence-electron chi connectivity index (χ3n) is 6.95. The first kappa shape index (κ1) is 18.3. The monoisotopic (exact) mass is 377 g/mol. The van der Waals surface area contributed by atoms with Crippen molar-refractivity contribution in [3.63, 3.8) is 0 Å². The van der Waals surface area contributed by atoms with Gasteiger partial charge < -0.3 is 10.2 Å². The Hall–Kier alpha value is -1.04. The van der Waals surface area contributed by atoms with E-state index >= 15 is 0 Å². The van der Waals surface area contributed by atoms with Crippen molar-refractivity contribution in [3.8, 4) is 0 Å². The second kappa shape index (κ2) is 7.17. The lowest BCUT2D eigenvalue weighted by Crippen LogP contribution is -2.41. The van der Waals surface area contributed by atoms with Crippen LogP contribution in [0.3, 0.4) is 0 Å². The third-order valence-corrected chi connectivity index (χ3v) is 8.16. The second-order valence-corrected chi connectivity index (χ2v) is 10.3. The average molecular weight is 378 g/mol. The van der Waals surface area contributed by atoms with E-state index < -0.39 is 4.75 Å². The number of nitrogens with one attached hydrogen (secondary N) is 1. The molecule has 0 aromatic heterocycles. The molecule has 6 heteroatoms.